The number of hydrogen-bond donors (Lipinski definition) is 0. The predicted molar refractivity (Wildman–Crippen MR) is 56.7 cm³/mol. The van der Waals surface area contributed by atoms with Crippen molar-refractivity contribution in [2.24, 2.45) is 5.41 Å². The van der Waals surface area contributed by atoms with E-state index >= 15 is 0 Å². The fourth-order valence-corrected chi connectivity index (χ4v) is 1.87. The summed E-state index contributed by atoms with van der Waals surface area (Å²) in [4.78, 5) is 11.3. The first-order chi connectivity index (χ1) is 5.38. The van der Waals surface area contributed by atoms with E-state index in [1.54, 1.807) is 0 Å². The molecule has 0 saturated carbocycles. The molecule has 0 rings (SSSR count). The molecule has 0 aliphatic carbocycles. The molecule has 72 valence electrons. The Morgan fingerprint density at radius 2 is 2.00 bits per heavy atom. The first kappa shape index (κ1) is 12.4. The highest BCUT2D eigenvalue weighted by atomic mass is 79.9. The third-order valence-corrected chi connectivity index (χ3v) is 2.29. The Bertz CT molecular complexity index is 152. The summed E-state index contributed by atoms with van der Waals surface area (Å²) < 4.78 is 5.10. The fraction of sp³-hybridized carbons (Fsp3) is 0.875. The molecule has 1 atom stereocenters. The monoisotopic (exact) mass is 300 g/mol. The number of carbonyl (C=O) groups is 1. The molecule has 1 unspecified atom stereocenters. The van der Waals surface area contributed by atoms with Gasteiger partial charge in [0.05, 0.1) is 5.41 Å². The van der Waals surface area contributed by atoms with E-state index in [0.717, 1.165) is 11.8 Å². The summed E-state index contributed by atoms with van der Waals surface area (Å²) in [6.07, 6.45) is 0.780. The highest BCUT2D eigenvalue weighted by Crippen LogP contribution is 2.19. The number of alkyl halides is 2. The highest BCUT2D eigenvalue weighted by Gasteiger charge is 2.24. The van der Waals surface area contributed by atoms with Crippen LogP contribution in [0.25, 0.3) is 0 Å². The summed E-state index contributed by atoms with van der Waals surface area (Å²) in [5.41, 5.74) is -0.418. The van der Waals surface area contributed by atoms with E-state index in [9.17, 15) is 4.79 Å². The molecule has 0 bridgehead atoms. The molecule has 0 fully saturated rings. The summed E-state index contributed by atoms with van der Waals surface area (Å²) in [7, 11) is 0. The molecule has 0 spiro atoms. The van der Waals surface area contributed by atoms with Crippen LogP contribution in [0.3, 0.4) is 0 Å². The van der Waals surface area contributed by atoms with Crippen LogP contribution < -0.4 is 0 Å². The number of carbonyl (C=O) groups excluding carboxylic acids is 1. The number of esters is 1. The van der Waals surface area contributed by atoms with Crippen molar-refractivity contribution in [1.82, 2.24) is 0 Å². The SMILES string of the molecule is CC(C)(C)C(=O)OC(Br)CCBr. The number of halogens is 2. The Morgan fingerprint density at radius 3 is 2.33 bits per heavy atom. The lowest BCUT2D eigenvalue weighted by Gasteiger charge is -2.19. The van der Waals surface area contributed by atoms with Gasteiger partial charge < -0.3 is 4.74 Å². The van der Waals surface area contributed by atoms with E-state index in [2.05, 4.69) is 31.9 Å². The third kappa shape index (κ3) is 5.14. The molecule has 0 aliphatic heterocycles. The minimum absolute atomic E-state index is 0.176. The summed E-state index contributed by atoms with van der Waals surface area (Å²) in [6.45, 7) is 5.51. The maximum absolute atomic E-state index is 11.3. The molecule has 0 aromatic heterocycles. The summed E-state index contributed by atoms with van der Waals surface area (Å²) in [6, 6.07) is 0. The maximum atomic E-state index is 11.3. The molecule has 0 aromatic rings. The average Bonchev–Trinajstić information content (AvgIpc) is 1.85. The lowest BCUT2D eigenvalue weighted by Crippen LogP contribution is -2.25. The van der Waals surface area contributed by atoms with Crippen molar-refractivity contribution in [1.29, 1.82) is 0 Å². The van der Waals surface area contributed by atoms with Crippen molar-refractivity contribution >= 4 is 37.8 Å². The molecule has 0 aliphatic rings. The van der Waals surface area contributed by atoms with E-state index < -0.39 is 5.41 Å². The van der Waals surface area contributed by atoms with E-state index in [-0.39, 0.29) is 11.0 Å². The van der Waals surface area contributed by atoms with Crippen molar-refractivity contribution < 1.29 is 9.53 Å². The Hall–Kier alpha value is 0.430. The smallest absolute Gasteiger partial charge is 0.312 e. The van der Waals surface area contributed by atoms with Gasteiger partial charge in [-0.15, -0.1) is 0 Å². The average molecular weight is 302 g/mol. The van der Waals surface area contributed by atoms with Gasteiger partial charge in [0.1, 0.15) is 0 Å². The third-order valence-electron chi connectivity index (χ3n) is 1.18. The van der Waals surface area contributed by atoms with E-state index in [1.807, 2.05) is 20.8 Å². The van der Waals surface area contributed by atoms with Crippen LogP contribution in [0.15, 0.2) is 0 Å². The van der Waals surface area contributed by atoms with Crippen molar-refractivity contribution in [2.75, 3.05) is 5.33 Å². The second kappa shape index (κ2) is 5.22. The van der Waals surface area contributed by atoms with Gasteiger partial charge in [-0.2, -0.15) is 0 Å². The van der Waals surface area contributed by atoms with Gasteiger partial charge in [0.2, 0.25) is 0 Å². The molecule has 0 aromatic carbocycles. The lowest BCUT2D eigenvalue weighted by molar-refractivity contribution is -0.154. The standard InChI is InChI=1S/C8H14Br2O2/c1-8(2,3)7(11)12-6(10)4-5-9/h6H,4-5H2,1-3H3. The molecular formula is C8H14Br2O2. The zero-order valence-corrected chi connectivity index (χ0v) is 10.7. The van der Waals surface area contributed by atoms with Gasteiger partial charge in [-0.25, -0.2) is 0 Å². The first-order valence-electron chi connectivity index (χ1n) is 3.79. The number of hydrogen-bond acceptors (Lipinski definition) is 2. The topological polar surface area (TPSA) is 26.3 Å². The summed E-state index contributed by atoms with van der Waals surface area (Å²) in [5.74, 6) is -0.176. The zero-order valence-electron chi connectivity index (χ0n) is 7.56. The molecule has 0 radical (unpaired) electrons. The predicted octanol–water partition coefficient (Wildman–Crippen LogP) is 3.08. The van der Waals surface area contributed by atoms with Crippen molar-refractivity contribution in [3.8, 4) is 0 Å². The Balaban J connectivity index is 3.85. The summed E-state index contributed by atoms with van der Waals surface area (Å²) >= 11 is 6.53. The van der Waals surface area contributed by atoms with Crippen molar-refractivity contribution in [3.63, 3.8) is 0 Å². The first-order valence-corrected chi connectivity index (χ1v) is 5.82. The molecule has 0 saturated heterocycles. The van der Waals surface area contributed by atoms with Crippen LogP contribution in [-0.2, 0) is 9.53 Å². The van der Waals surface area contributed by atoms with Crippen LogP contribution >= 0.6 is 31.9 Å². The molecule has 4 heteroatoms. The zero-order chi connectivity index (χ0) is 9.78. The van der Waals surface area contributed by atoms with Crippen LogP contribution in [0, 0.1) is 5.41 Å². The minimum Gasteiger partial charge on any atom is -0.450 e. The quantitative estimate of drug-likeness (QED) is 0.591. The van der Waals surface area contributed by atoms with Crippen LogP contribution in [-0.4, -0.2) is 16.3 Å². The van der Waals surface area contributed by atoms with E-state index in [0.29, 0.717) is 0 Å². The normalized spacial score (nSPS) is 14.1. The Morgan fingerprint density at radius 1 is 1.50 bits per heavy atom. The van der Waals surface area contributed by atoms with E-state index in [4.69, 9.17) is 4.74 Å². The van der Waals surface area contributed by atoms with Gasteiger partial charge in [0.15, 0.2) is 5.01 Å². The van der Waals surface area contributed by atoms with Crippen molar-refractivity contribution in [3.05, 3.63) is 0 Å². The second-order valence-electron chi connectivity index (χ2n) is 3.54. The van der Waals surface area contributed by atoms with Gasteiger partial charge in [-0.3, -0.25) is 4.79 Å². The van der Waals surface area contributed by atoms with Gasteiger partial charge in [-0.1, -0.05) is 15.9 Å². The molecular weight excluding hydrogens is 288 g/mol. The Labute approximate surface area is 90.3 Å². The highest BCUT2D eigenvalue weighted by molar-refractivity contribution is 9.10. The maximum Gasteiger partial charge on any atom is 0.312 e. The van der Waals surface area contributed by atoms with Crippen LogP contribution in [0.5, 0.6) is 0 Å². The largest absolute Gasteiger partial charge is 0.450 e. The van der Waals surface area contributed by atoms with Gasteiger partial charge in [0, 0.05) is 11.8 Å². The molecule has 0 heterocycles. The minimum atomic E-state index is -0.418. The van der Waals surface area contributed by atoms with Crippen LogP contribution in [0.4, 0.5) is 0 Å². The number of rotatable bonds is 3. The van der Waals surface area contributed by atoms with Gasteiger partial charge in [-0.05, 0) is 36.7 Å². The fourth-order valence-electron chi connectivity index (χ4n) is 0.438. The molecule has 0 N–H and O–H groups in total. The second-order valence-corrected chi connectivity index (χ2v) is 5.36. The van der Waals surface area contributed by atoms with Crippen LogP contribution in [0.2, 0.25) is 0 Å². The lowest BCUT2D eigenvalue weighted by atomic mass is 9.97. The van der Waals surface area contributed by atoms with Gasteiger partial charge >= 0.3 is 5.97 Å². The summed E-state index contributed by atoms with van der Waals surface area (Å²) in [5, 5.41) is 0.643. The Kier molecular flexibility index (Phi) is 5.41. The molecule has 2 nitrogen and oxygen atoms in total. The van der Waals surface area contributed by atoms with Crippen LogP contribution in [0.1, 0.15) is 27.2 Å². The molecule has 12 heavy (non-hydrogen) atoms. The molecule has 0 amide bonds. The van der Waals surface area contributed by atoms with Crippen molar-refractivity contribution in [2.45, 2.75) is 32.2 Å². The number of ether oxygens (including phenoxy) is 1. The van der Waals surface area contributed by atoms with Gasteiger partial charge in [0.25, 0.3) is 0 Å². The van der Waals surface area contributed by atoms with E-state index in [1.165, 1.54) is 0 Å².